The molecule has 2 aromatic rings. The number of phenolic OH excluding ortho intramolecular Hbond substituents is 1. The second kappa shape index (κ2) is 6.56. The molecule has 1 amide bonds. The summed E-state index contributed by atoms with van der Waals surface area (Å²) in [7, 11) is 0. The molecule has 5 heteroatoms. The van der Waals surface area contributed by atoms with Gasteiger partial charge in [0.1, 0.15) is 5.75 Å². The first kappa shape index (κ1) is 14.6. The van der Waals surface area contributed by atoms with Gasteiger partial charge in [-0.25, -0.2) is 4.79 Å². The number of carbonyl (C=O) groups excluding carboxylic acids is 1. The number of hydrogen-bond donors (Lipinski definition) is 2. The predicted octanol–water partition coefficient (Wildman–Crippen LogP) is 3.67. The number of nitrogens with zero attached hydrogens (tertiary/aromatic N) is 1. The van der Waals surface area contributed by atoms with Crippen molar-refractivity contribution in [3.8, 4) is 5.75 Å². The number of nitrogens with one attached hydrogen (secondary N) is 1. The Morgan fingerprint density at radius 1 is 1.19 bits per heavy atom. The Hall–Kier alpha value is -2.82. The summed E-state index contributed by atoms with van der Waals surface area (Å²) in [6.45, 7) is 3.56. The standard InChI is InChI=1S/C16H16N2O3/c1-11-8-9-15(19)14(10-11)12(2)18-21-16(20)17-13-6-4-3-5-7-13/h3-10,19H,1-2H3,(H,17,20)/b18-12-. The molecule has 0 aliphatic carbocycles. The van der Waals surface area contributed by atoms with E-state index in [-0.39, 0.29) is 5.75 Å². The predicted molar refractivity (Wildman–Crippen MR) is 81.6 cm³/mol. The minimum absolute atomic E-state index is 0.0916. The molecule has 0 aliphatic rings. The number of benzene rings is 2. The maximum absolute atomic E-state index is 11.6. The monoisotopic (exact) mass is 284 g/mol. The summed E-state index contributed by atoms with van der Waals surface area (Å²) in [6, 6.07) is 14.1. The van der Waals surface area contributed by atoms with E-state index in [1.807, 2.05) is 13.0 Å². The van der Waals surface area contributed by atoms with Crippen molar-refractivity contribution < 1.29 is 14.7 Å². The SMILES string of the molecule is C/C(=N/OC(=O)Nc1ccccc1)c1cc(C)ccc1O. The van der Waals surface area contributed by atoms with Crippen LogP contribution < -0.4 is 5.32 Å². The maximum Gasteiger partial charge on any atom is 0.437 e. The summed E-state index contributed by atoms with van der Waals surface area (Å²) in [6.07, 6.45) is -0.687. The lowest BCUT2D eigenvalue weighted by Crippen LogP contribution is -2.11. The molecule has 0 heterocycles. The molecule has 0 unspecified atom stereocenters. The lowest BCUT2D eigenvalue weighted by atomic mass is 10.1. The molecule has 0 radical (unpaired) electrons. The number of carbonyl (C=O) groups is 1. The van der Waals surface area contributed by atoms with Crippen molar-refractivity contribution in [3.63, 3.8) is 0 Å². The highest BCUT2D eigenvalue weighted by atomic mass is 16.7. The first-order valence-electron chi connectivity index (χ1n) is 6.44. The summed E-state index contributed by atoms with van der Waals surface area (Å²) in [4.78, 5) is 16.4. The number of aromatic hydroxyl groups is 1. The fourth-order valence-electron chi connectivity index (χ4n) is 1.76. The first-order valence-corrected chi connectivity index (χ1v) is 6.44. The van der Waals surface area contributed by atoms with Gasteiger partial charge < -0.3 is 5.11 Å². The smallest absolute Gasteiger partial charge is 0.437 e. The molecule has 0 aliphatic heterocycles. The number of anilines is 1. The van der Waals surface area contributed by atoms with E-state index in [2.05, 4.69) is 10.5 Å². The van der Waals surface area contributed by atoms with E-state index in [0.29, 0.717) is 17.0 Å². The Balaban J connectivity index is 2.03. The van der Waals surface area contributed by atoms with Crippen molar-refractivity contribution in [2.75, 3.05) is 5.32 Å². The minimum atomic E-state index is -0.687. The highest BCUT2D eigenvalue weighted by Gasteiger charge is 2.07. The zero-order valence-electron chi connectivity index (χ0n) is 11.8. The van der Waals surface area contributed by atoms with Crippen LogP contribution >= 0.6 is 0 Å². The van der Waals surface area contributed by atoms with E-state index in [1.54, 1.807) is 49.4 Å². The van der Waals surface area contributed by atoms with Gasteiger partial charge in [0, 0.05) is 11.3 Å². The quantitative estimate of drug-likeness (QED) is 0.513. The molecular formula is C16H16N2O3. The van der Waals surface area contributed by atoms with Crippen LogP contribution in [0.2, 0.25) is 0 Å². The average molecular weight is 284 g/mol. The highest BCUT2D eigenvalue weighted by molar-refractivity contribution is 6.01. The lowest BCUT2D eigenvalue weighted by molar-refractivity contribution is 0.166. The Labute approximate surface area is 122 Å². The fraction of sp³-hybridized carbons (Fsp3) is 0.125. The van der Waals surface area contributed by atoms with Crippen molar-refractivity contribution in [2.24, 2.45) is 5.16 Å². The molecule has 108 valence electrons. The third-order valence-electron chi connectivity index (χ3n) is 2.83. The summed E-state index contributed by atoms with van der Waals surface area (Å²) in [5.41, 5.74) is 2.54. The second-order valence-electron chi connectivity index (χ2n) is 4.57. The fourth-order valence-corrected chi connectivity index (χ4v) is 1.76. The van der Waals surface area contributed by atoms with E-state index >= 15 is 0 Å². The van der Waals surface area contributed by atoms with E-state index in [9.17, 15) is 9.90 Å². The number of aryl methyl sites for hydroxylation is 1. The van der Waals surface area contributed by atoms with Crippen LogP contribution in [0.3, 0.4) is 0 Å². The molecule has 5 nitrogen and oxygen atoms in total. The third-order valence-corrected chi connectivity index (χ3v) is 2.83. The molecule has 2 rings (SSSR count). The van der Waals surface area contributed by atoms with Gasteiger partial charge in [0.05, 0.1) is 5.71 Å². The van der Waals surface area contributed by atoms with Gasteiger partial charge >= 0.3 is 6.09 Å². The van der Waals surface area contributed by atoms with Gasteiger partial charge in [-0.05, 0) is 38.1 Å². The zero-order chi connectivity index (χ0) is 15.2. The summed E-state index contributed by atoms with van der Waals surface area (Å²) < 4.78 is 0. The summed E-state index contributed by atoms with van der Waals surface area (Å²) >= 11 is 0. The third kappa shape index (κ3) is 4.07. The number of phenols is 1. The van der Waals surface area contributed by atoms with Crippen molar-refractivity contribution in [1.82, 2.24) is 0 Å². The van der Waals surface area contributed by atoms with Crippen molar-refractivity contribution in [3.05, 3.63) is 59.7 Å². The first-order chi connectivity index (χ1) is 10.1. The summed E-state index contributed by atoms with van der Waals surface area (Å²) in [5.74, 6) is 0.0916. The normalized spacial score (nSPS) is 11.0. The minimum Gasteiger partial charge on any atom is -0.507 e. The number of oxime groups is 1. The molecular weight excluding hydrogens is 268 g/mol. The number of hydrogen-bond acceptors (Lipinski definition) is 4. The van der Waals surface area contributed by atoms with E-state index in [1.165, 1.54) is 0 Å². The van der Waals surface area contributed by atoms with Crippen LogP contribution in [-0.4, -0.2) is 16.9 Å². The van der Waals surface area contributed by atoms with Gasteiger partial charge in [0.2, 0.25) is 0 Å². The Morgan fingerprint density at radius 3 is 2.62 bits per heavy atom. The summed E-state index contributed by atoms with van der Waals surface area (Å²) in [5, 5.41) is 16.0. The van der Waals surface area contributed by atoms with Gasteiger partial charge in [-0.1, -0.05) is 35.0 Å². The van der Waals surface area contributed by atoms with Gasteiger partial charge in [-0.15, -0.1) is 0 Å². The van der Waals surface area contributed by atoms with Crippen LogP contribution in [0.25, 0.3) is 0 Å². The highest BCUT2D eigenvalue weighted by Crippen LogP contribution is 2.19. The van der Waals surface area contributed by atoms with Crippen LogP contribution in [0.5, 0.6) is 5.75 Å². The van der Waals surface area contributed by atoms with Crippen LogP contribution in [0.15, 0.2) is 53.7 Å². The van der Waals surface area contributed by atoms with Crippen molar-refractivity contribution >= 4 is 17.5 Å². The van der Waals surface area contributed by atoms with Gasteiger partial charge in [0.15, 0.2) is 0 Å². The van der Waals surface area contributed by atoms with Crippen LogP contribution in [0.1, 0.15) is 18.1 Å². The molecule has 0 atom stereocenters. The average Bonchev–Trinajstić information content (AvgIpc) is 2.48. The van der Waals surface area contributed by atoms with Gasteiger partial charge in [0.25, 0.3) is 0 Å². The largest absolute Gasteiger partial charge is 0.507 e. The molecule has 21 heavy (non-hydrogen) atoms. The van der Waals surface area contributed by atoms with Gasteiger partial charge in [-0.2, -0.15) is 0 Å². The van der Waals surface area contributed by atoms with Crippen LogP contribution in [0.4, 0.5) is 10.5 Å². The van der Waals surface area contributed by atoms with E-state index in [4.69, 9.17) is 4.84 Å². The Kier molecular flexibility index (Phi) is 4.56. The molecule has 0 saturated carbocycles. The molecule has 0 bridgehead atoms. The second-order valence-corrected chi connectivity index (χ2v) is 4.57. The number of rotatable bonds is 3. The molecule has 2 N–H and O–H groups in total. The molecule has 0 spiro atoms. The topological polar surface area (TPSA) is 70.9 Å². The van der Waals surface area contributed by atoms with Crippen molar-refractivity contribution in [1.29, 1.82) is 0 Å². The van der Waals surface area contributed by atoms with Crippen molar-refractivity contribution in [2.45, 2.75) is 13.8 Å². The number of para-hydroxylation sites is 1. The van der Waals surface area contributed by atoms with E-state index < -0.39 is 6.09 Å². The molecule has 0 saturated heterocycles. The lowest BCUT2D eigenvalue weighted by Gasteiger charge is -2.06. The molecule has 0 aromatic heterocycles. The maximum atomic E-state index is 11.6. The number of amides is 1. The zero-order valence-corrected chi connectivity index (χ0v) is 11.8. The molecule has 2 aromatic carbocycles. The van der Waals surface area contributed by atoms with Gasteiger partial charge in [-0.3, -0.25) is 10.2 Å². The Morgan fingerprint density at radius 2 is 1.90 bits per heavy atom. The van der Waals surface area contributed by atoms with E-state index in [0.717, 1.165) is 5.56 Å². The van der Waals surface area contributed by atoms with Crippen LogP contribution in [-0.2, 0) is 4.84 Å². The molecule has 0 fully saturated rings. The Bertz CT molecular complexity index is 666. The van der Waals surface area contributed by atoms with Crippen LogP contribution in [0, 0.1) is 6.92 Å².